The lowest BCUT2D eigenvalue weighted by molar-refractivity contribution is -0.670. The van der Waals surface area contributed by atoms with Crippen molar-refractivity contribution in [1.82, 2.24) is 14.0 Å². The van der Waals surface area contributed by atoms with Gasteiger partial charge < -0.3 is 10.0 Å². The number of nitrogens with zero attached hydrogens (tertiary/aromatic N) is 4. The van der Waals surface area contributed by atoms with Crippen LogP contribution in [0.15, 0.2) is 23.5 Å². The molecule has 6 nitrogen and oxygen atoms in total. The van der Waals surface area contributed by atoms with E-state index in [1.807, 2.05) is 62.8 Å². The van der Waals surface area contributed by atoms with Gasteiger partial charge in [-0.25, -0.2) is 4.57 Å². The minimum absolute atomic E-state index is 0.0306. The van der Waals surface area contributed by atoms with E-state index in [1.165, 1.54) is 4.57 Å². The molecule has 0 aromatic carbocycles. The SMILES string of the molecule is Cc1c(-n2cc[n+](C)c2)c(O)n(CCCN(C)C)c(=O)c1C. The second kappa shape index (κ2) is 6.36. The highest BCUT2D eigenvalue weighted by molar-refractivity contribution is 5.51. The molecule has 0 aliphatic heterocycles. The Labute approximate surface area is 130 Å². The van der Waals surface area contributed by atoms with Crippen molar-refractivity contribution in [3.8, 4) is 11.6 Å². The van der Waals surface area contributed by atoms with Gasteiger partial charge in [0, 0.05) is 17.7 Å². The molecule has 0 bridgehead atoms. The molecule has 0 atom stereocenters. The van der Waals surface area contributed by atoms with Gasteiger partial charge in [0.05, 0.1) is 7.05 Å². The van der Waals surface area contributed by atoms with Crippen molar-refractivity contribution in [2.24, 2.45) is 7.05 Å². The van der Waals surface area contributed by atoms with Crippen LogP contribution in [0.5, 0.6) is 5.88 Å². The van der Waals surface area contributed by atoms with Crippen LogP contribution in [-0.2, 0) is 13.6 Å². The van der Waals surface area contributed by atoms with Crippen molar-refractivity contribution in [2.75, 3.05) is 20.6 Å². The van der Waals surface area contributed by atoms with Crippen molar-refractivity contribution in [1.29, 1.82) is 0 Å². The summed E-state index contributed by atoms with van der Waals surface area (Å²) in [6.45, 7) is 5.06. The zero-order valence-corrected chi connectivity index (χ0v) is 14.0. The van der Waals surface area contributed by atoms with Gasteiger partial charge in [0.2, 0.25) is 12.2 Å². The Bertz CT molecular complexity index is 728. The van der Waals surface area contributed by atoms with Crippen molar-refractivity contribution < 1.29 is 9.67 Å². The summed E-state index contributed by atoms with van der Waals surface area (Å²) in [5.41, 5.74) is 2.04. The average molecular weight is 305 g/mol. The maximum absolute atomic E-state index is 12.4. The maximum atomic E-state index is 12.4. The Morgan fingerprint density at radius 3 is 2.50 bits per heavy atom. The Morgan fingerprint density at radius 1 is 1.27 bits per heavy atom. The Hall–Kier alpha value is -2.08. The largest absolute Gasteiger partial charge is 0.491 e. The summed E-state index contributed by atoms with van der Waals surface area (Å²) in [4.78, 5) is 14.5. The van der Waals surface area contributed by atoms with Crippen molar-refractivity contribution in [3.05, 3.63) is 40.2 Å². The molecule has 2 aromatic heterocycles. The topological polar surface area (TPSA) is 54.3 Å². The fourth-order valence-corrected chi connectivity index (χ4v) is 2.58. The normalized spacial score (nSPS) is 11.4. The molecule has 0 aliphatic carbocycles. The lowest BCUT2D eigenvalue weighted by atomic mass is 10.1. The second-order valence-electron chi connectivity index (χ2n) is 6.02. The number of hydrogen-bond acceptors (Lipinski definition) is 3. The summed E-state index contributed by atoms with van der Waals surface area (Å²) >= 11 is 0. The van der Waals surface area contributed by atoms with Crippen LogP contribution in [-0.4, -0.2) is 39.8 Å². The first-order chi connectivity index (χ1) is 10.3. The standard InChI is InChI=1S/C16H24N4O2/c1-12-13(2)15(21)20(8-6-7-17(3)4)16(22)14(12)19-10-9-18(5)11-19/h9-11H,6-8H2,1-5H3/p+1. The van der Waals surface area contributed by atoms with Crippen molar-refractivity contribution in [2.45, 2.75) is 26.8 Å². The fourth-order valence-electron chi connectivity index (χ4n) is 2.58. The summed E-state index contributed by atoms with van der Waals surface area (Å²) in [5.74, 6) is 0.0306. The summed E-state index contributed by atoms with van der Waals surface area (Å²) in [6.07, 6.45) is 6.45. The van der Waals surface area contributed by atoms with E-state index in [1.54, 1.807) is 0 Å². The molecule has 22 heavy (non-hydrogen) atoms. The smallest absolute Gasteiger partial charge is 0.256 e. The first-order valence-corrected chi connectivity index (χ1v) is 7.44. The molecule has 1 N–H and O–H groups in total. The lowest BCUT2D eigenvalue weighted by Gasteiger charge is -2.15. The van der Waals surface area contributed by atoms with E-state index in [0.717, 1.165) is 18.5 Å². The van der Waals surface area contributed by atoms with Crippen LogP contribution in [0.2, 0.25) is 0 Å². The molecule has 2 rings (SSSR count). The van der Waals surface area contributed by atoms with Gasteiger partial charge in [-0.05, 0) is 40.9 Å². The number of aryl methyl sites for hydroxylation is 1. The van der Waals surface area contributed by atoms with Gasteiger partial charge in [-0.15, -0.1) is 0 Å². The van der Waals surface area contributed by atoms with Crippen LogP contribution in [0.1, 0.15) is 17.5 Å². The third-order valence-electron chi connectivity index (χ3n) is 3.97. The number of hydrogen-bond donors (Lipinski definition) is 1. The molecular formula is C16H25N4O2+. The van der Waals surface area contributed by atoms with Gasteiger partial charge in [0.25, 0.3) is 5.56 Å². The third kappa shape index (κ3) is 3.06. The molecule has 6 heteroatoms. The minimum atomic E-state index is -0.117. The molecule has 2 heterocycles. The number of aromatic hydroxyl groups is 1. The summed E-state index contributed by atoms with van der Waals surface area (Å²) in [6, 6.07) is 0. The quantitative estimate of drug-likeness (QED) is 0.829. The van der Waals surface area contributed by atoms with Crippen LogP contribution in [0.25, 0.3) is 5.69 Å². The van der Waals surface area contributed by atoms with Gasteiger partial charge in [0.15, 0.2) is 5.69 Å². The number of pyridine rings is 1. The van der Waals surface area contributed by atoms with E-state index >= 15 is 0 Å². The second-order valence-corrected chi connectivity index (χ2v) is 6.02. The van der Waals surface area contributed by atoms with Crippen LogP contribution < -0.4 is 10.1 Å². The third-order valence-corrected chi connectivity index (χ3v) is 3.97. The molecule has 0 radical (unpaired) electrons. The molecule has 0 spiro atoms. The zero-order chi connectivity index (χ0) is 16.4. The van der Waals surface area contributed by atoms with Crippen molar-refractivity contribution >= 4 is 0 Å². The van der Waals surface area contributed by atoms with E-state index in [2.05, 4.69) is 4.90 Å². The van der Waals surface area contributed by atoms with Gasteiger partial charge in [-0.2, -0.15) is 4.57 Å². The maximum Gasteiger partial charge on any atom is 0.256 e. The molecule has 0 amide bonds. The predicted molar refractivity (Wildman–Crippen MR) is 85.5 cm³/mol. The molecule has 0 aliphatic rings. The molecule has 0 unspecified atom stereocenters. The Morgan fingerprint density at radius 2 is 1.95 bits per heavy atom. The van der Waals surface area contributed by atoms with Gasteiger partial charge in [-0.3, -0.25) is 9.36 Å². The van der Waals surface area contributed by atoms with Crippen molar-refractivity contribution in [3.63, 3.8) is 0 Å². The molecule has 120 valence electrons. The highest BCUT2D eigenvalue weighted by Crippen LogP contribution is 2.25. The fraction of sp³-hybridized carbons (Fsp3) is 0.500. The minimum Gasteiger partial charge on any atom is -0.491 e. The Kier molecular flexibility index (Phi) is 4.71. The zero-order valence-electron chi connectivity index (χ0n) is 14.0. The van der Waals surface area contributed by atoms with Crippen LogP contribution >= 0.6 is 0 Å². The van der Waals surface area contributed by atoms with E-state index in [4.69, 9.17) is 0 Å². The highest BCUT2D eigenvalue weighted by atomic mass is 16.3. The van der Waals surface area contributed by atoms with E-state index in [9.17, 15) is 9.90 Å². The van der Waals surface area contributed by atoms with Gasteiger partial charge >= 0.3 is 0 Å². The highest BCUT2D eigenvalue weighted by Gasteiger charge is 2.21. The summed E-state index contributed by atoms with van der Waals surface area (Å²) in [5, 5.41) is 10.6. The van der Waals surface area contributed by atoms with Gasteiger partial charge in [0.1, 0.15) is 12.4 Å². The number of aromatic nitrogens is 3. The summed E-state index contributed by atoms with van der Waals surface area (Å²) < 4.78 is 5.22. The molecule has 2 aromatic rings. The molecular weight excluding hydrogens is 280 g/mol. The van der Waals surface area contributed by atoms with Crippen LogP contribution in [0.3, 0.4) is 0 Å². The first-order valence-electron chi connectivity index (χ1n) is 7.44. The van der Waals surface area contributed by atoms with Crippen LogP contribution in [0, 0.1) is 13.8 Å². The molecule has 0 saturated carbocycles. The number of imidazole rings is 1. The van der Waals surface area contributed by atoms with E-state index in [0.29, 0.717) is 17.8 Å². The van der Waals surface area contributed by atoms with E-state index in [-0.39, 0.29) is 11.4 Å². The number of rotatable bonds is 5. The monoisotopic (exact) mass is 305 g/mol. The Balaban J connectivity index is 2.51. The molecule has 0 fully saturated rings. The average Bonchev–Trinajstić information content (AvgIpc) is 2.86. The van der Waals surface area contributed by atoms with E-state index < -0.39 is 0 Å². The summed E-state index contributed by atoms with van der Waals surface area (Å²) in [7, 11) is 5.91. The van der Waals surface area contributed by atoms with Crippen LogP contribution in [0.4, 0.5) is 0 Å². The lowest BCUT2D eigenvalue weighted by Crippen LogP contribution is -2.27. The van der Waals surface area contributed by atoms with Gasteiger partial charge in [-0.1, -0.05) is 0 Å². The predicted octanol–water partition coefficient (Wildman–Crippen LogP) is 0.738. The first kappa shape index (κ1) is 16.3. The molecule has 0 saturated heterocycles.